The van der Waals surface area contributed by atoms with Gasteiger partial charge in [0.1, 0.15) is 0 Å². The fourth-order valence-electron chi connectivity index (χ4n) is 1.85. The molecule has 0 saturated carbocycles. The van der Waals surface area contributed by atoms with Gasteiger partial charge in [0, 0.05) is 17.8 Å². The minimum atomic E-state index is -0.766. The van der Waals surface area contributed by atoms with Crippen LogP contribution < -0.4 is 10.6 Å². The molecular weight excluding hydrogens is 276 g/mol. The Morgan fingerprint density at radius 1 is 1.35 bits per heavy atom. The molecule has 0 aromatic carbocycles. The van der Waals surface area contributed by atoms with Crippen molar-refractivity contribution in [2.24, 2.45) is 0 Å². The van der Waals surface area contributed by atoms with Crippen LogP contribution >= 0.6 is 11.3 Å². The van der Waals surface area contributed by atoms with E-state index >= 15 is 0 Å². The summed E-state index contributed by atoms with van der Waals surface area (Å²) in [6, 6.07) is 3.89. The van der Waals surface area contributed by atoms with Crippen molar-refractivity contribution in [3.63, 3.8) is 0 Å². The second kappa shape index (κ2) is 9.36. The van der Waals surface area contributed by atoms with Crippen molar-refractivity contribution in [1.29, 1.82) is 0 Å². The number of hydrogen-bond acceptors (Lipinski definition) is 3. The zero-order valence-electron chi connectivity index (χ0n) is 11.7. The van der Waals surface area contributed by atoms with Crippen molar-refractivity contribution in [2.75, 3.05) is 6.54 Å². The van der Waals surface area contributed by atoms with Gasteiger partial charge in [-0.1, -0.05) is 19.4 Å². The molecule has 0 aliphatic rings. The molecule has 0 fully saturated rings. The fraction of sp³-hybridized carbons (Fsp3) is 0.571. The third-order valence-electron chi connectivity index (χ3n) is 2.95. The molecule has 1 aromatic rings. The number of carboxylic acids is 1. The third kappa shape index (κ3) is 6.56. The zero-order chi connectivity index (χ0) is 14.8. The van der Waals surface area contributed by atoms with Gasteiger partial charge in [0.2, 0.25) is 0 Å². The van der Waals surface area contributed by atoms with Crippen LogP contribution in [0.2, 0.25) is 0 Å². The number of amides is 2. The van der Waals surface area contributed by atoms with Crippen molar-refractivity contribution in [2.45, 2.75) is 45.1 Å². The zero-order valence-corrected chi connectivity index (χ0v) is 12.5. The first kappa shape index (κ1) is 16.5. The average molecular weight is 298 g/mol. The first-order chi connectivity index (χ1) is 9.63. The van der Waals surface area contributed by atoms with Crippen molar-refractivity contribution >= 4 is 23.3 Å². The predicted molar refractivity (Wildman–Crippen MR) is 80.0 cm³/mol. The molecule has 2 amide bonds. The van der Waals surface area contributed by atoms with E-state index in [0.29, 0.717) is 13.0 Å². The average Bonchev–Trinajstić information content (AvgIpc) is 2.93. The minimum absolute atomic E-state index is 0.0574. The molecule has 3 N–H and O–H groups in total. The summed E-state index contributed by atoms with van der Waals surface area (Å²) in [5.41, 5.74) is 0. The summed E-state index contributed by atoms with van der Waals surface area (Å²) < 4.78 is 0. The van der Waals surface area contributed by atoms with Crippen LogP contribution in [0.4, 0.5) is 4.79 Å². The number of nitrogens with one attached hydrogen (secondary N) is 2. The molecule has 0 saturated heterocycles. The van der Waals surface area contributed by atoms with Crippen LogP contribution in [0.1, 0.15) is 49.9 Å². The monoisotopic (exact) mass is 298 g/mol. The first-order valence-electron chi connectivity index (χ1n) is 6.93. The Bertz CT molecular complexity index is 407. The quantitative estimate of drug-likeness (QED) is 0.613. The summed E-state index contributed by atoms with van der Waals surface area (Å²) in [6.45, 7) is 2.61. The molecule has 1 aromatic heterocycles. The number of carbonyl (C=O) groups is 2. The molecule has 0 bridgehead atoms. The van der Waals surface area contributed by atoms with Crippen molar-refractivity contribution < 1.29 is 14.7 Å². The molecule has 1 rings (SSSR count). The van der Waals surface area contributed by atoms with Gasteiger partial charge in [-0.3, -0.25) is 4.79 Å². The number of aliphatic carboxylic acids is 1. The molecule has 1 atom stereocenters. The minimum Gasteiger partial charge on any atom is -0.481 e. The highest BCUT2D eigenvalue weighted by Crippen LogP contribution is 2.21. The smallest absolute Gasteiger partial charge is 0.315 e. The van der Waals surface area contributed by atoms with Gasteiger partial charge >= 0.3 is 12.0 Å². The largest absolute Gasteiger partial charge is 0.481 e. The highest BCUT2D eigenvalue weighted by atomic mass is 32.1. The van der Waals surface area contributed by atoms with Crippen LogP contribution in [0.5, 0.6) is 0 Å². The van der Waals surface area contributed by atoms with Crippen molar-refractivity contribution in [3.05, 3.63) is 22.4 Å². The molecule has 0 aliphatic heterocycles. The number of carboxylic acid groups (broad SMARTS) is 1. The van der Waals surface area contributed by atoms with Crippen LogP contribution in [0, 0.1) is 0 Å². The van der Waals surface area contributed by atoms with Crippen LogP contribution in [0.3, 0.4) is 0 Å². The molecule has 6 heteroatoms. The van der Waals surface area contributed by atoms with Crippen LogP contribution in [0.15, 0.2) is 17.5 Å². The van der Waals surface area contributed by atoms with Gasteiger partial charge in [-0.05, 0) is 30.7 Å². The normalized spacial score (nSPS) is 11.8. The number of hydrogen-bond donors (Lipinski definition) is 3. The molecule has 112 valence electrons. The molecule has 1 unspecified atom stereocenters. The topological polar surface area (TPSA) is 78.4 Å². The van der Waals surface area contributed by atoms with Crippen LogP contribution in [-0.2, 0) is 4.79 Å². The summed E-state index contributed by atoms with van der Waals surface area (Å²) in [5, 5.41) is 16.2. The Morgan fingerprint density at radius 3 is 2.75 bits per heavy atom. The van der Waals surface area contributed by atoms with E-state index in [4.69, 9.17) is 5.11 Å². The Labute approximate surface area is 123 Å². The first-order valence-corrected chi connectivity index (χ1v) is 7.81. The van der Waals surface area contributed by atoms with Gasteiger partial charge in [-0.2, -0.15) is 0 Å². The second-order valence-corrected chi connectivity index (χ2v) is 5.56. The van der Waals surface area contributed by atoms with Gasteiger partial charge < -0.3 is 15.7 Å². The molecule has 0 spiro atoms. The lowest BCUT2D eigenvalue weighted by Crippen LogP contribution is -2.38. The van der Waals surface area contributed by atoms with Gasteiger partial charge in [-0.15, -0.1) is 11.3 Å². The van der Waals surface area contributed by atoms with E-state index in [1.54, 1.807) is 11.3 Å². The summed E-state index contributed by atoms with van der Waals surface area (Å²) in [7, 11) is 0. The summed E-state index contributed by atoms with van der Waals surface area (Å²) in [4.78, 5) is 23.2. The Balaban J connectivity index is 2.15. The fourth-order valence-corrected chi connectivity index (χ4v) is 2.71. The van der Waals surface area contributed by atoms with Crippen LogP contribution in [0.25, 0.3) is 0 Å². The lowest BCUT2D eigenvalue weighted by molar-refractivity contribution is -0.137. The van der Waals surface area contributed by atoms with E-state index in [0.717, 1.165) is 24.1 Å². The lowest BCUT2D eigenvalue weighted by Gasteiger charge is -2.16. The van der Waals surface area contributed by atoms with E-state index in [9.17, 15) is 9.59 Å². The van der Waals surface area contributed by atoms with Crippen molar-refractivity contribution in [1.82, 2.24) is 10.6 Å². The maximum absolute atomic E-state index is 11.7. The highest BCUT2D eigenvalue weighted by molar-refractivity contribution is 7.10. The molecule has 20 heavy (non-hydrogen) atoms. The summed E-state index contributed by atoms with van der Waals surface area (Å²) in [5.74, 6) is -0.766. The third-order valence-corrected chi connectivity index (χ3v) is 3.94. The van der Waals surface area contributed by atoms with Gasteiger partial charge in [0.05, 0.1) is 6.04 Å². The van der Waals surface area contributed by atoms with Gasteiger partial charge in [0.15, 0.2) is 0 Å². The lowest BCUT2D eigenvalue weighted by atomic mass is 10.2. The Hall–Kier alpha value is -1.56. The molecule has 0 radical (unpaired) electrons. The second-order valence-electron chi connectivity index (χ2n) is 4.58. The number of thiophene rings is 1. The number of rotatable bonds is 9. The Morgan fingerprint density at radius 2 is 2.15 bits per heavy atom. The molecular formula is C14H22N2O3S. The van der Waals surface area contributed by atoms with E-state index in [1.165, 1.54) is 0 Å². The predicted octanol–water partition coefficient (Wildman–Crippen LogP) is 3.14. The summed E-state index contributed by atoms with van der Waals surface area (Å²) in [6.07, 6.45) is 3.33. The number of unbranched alkanes of at least 4 members (excludes halogenated alkanes) is 2. The van der Waals surface area contributed by atoms with Gasteiger partial charge in [-0.25, -0.2) is 4.79 Å². The van der Waals surface area contributed by atoms with E-state index in [2.05, 4.69) is 10.6 Å². The van der Waals surface area contributed by atoms with Crippen molar-refractivity contribution in [3.8, 4) is 0 Å². The SMILES string of the molecule is CCC(NC(=O)NCCCCCC(=O)O)c1cccs1. The van der Waals surface area contributed by atoms with Gasteiger partial charge in [0.25, 0.3) is 0 Å². The standard InChI is InChI=1S/C14H22N2O3S/c1-2-11(12-7-6-10-20-12)16-14(19)15-9-5-3-4-8-13(17)18/h6-7,10-11H,2-5,8-9H2,1H3,(H,17,18)(H2,15,16,19). The maximum atomic E-state index is 11.7. The maximum Gasteiger partial charge on any atom is 0.315 e. The van der Waals surface area contributed by atoms with E-state index in [1.807, 2.05) is 24.4 Å². The number of urea groups is 1. The van der Waals surface area contributed by atoms with E-state index in [-0.39, 0.29) is 18.5 Å². The Kier molecular flexibility index (Phi) is 7.72. The summed E-state index contributed by atoms with van der Waals surface area (Å²) >= 11 is 1.64. The molecule has 1 heterocycles. The molecule has 0 aliphatic carbocycles. The van der Waals surface area contributed by atoms with Crippen LogP contribution in [-0.4, -0.2) is 23.7 Å². The highest BCUT2D eigenvalue weighted by Gasteiger charge is 2.12. The van der Waals surface area contributed by atoms with E-state index < -0.39 is 5.97 Å². The number of carbonyl (C=O) groups excluding carboxylic acids is 1. The molecule has 5 nitrogen and oxygen atoms in total.